The van der Waals surface area contributed by atoms with Gasteiger partial charge in [-0.1, -0.05) is 11.6 Å². The van der Waals surface area contributed by atoms with Crippen LogP contribution in [0.25, 0.3) is 11.0 Å². The summed E-state index contributed by atoms with van der Waals surface area (Å²) in [4.78, 5) is 26.4. The SMILES string of the molecule is COc1cc2oc(=O)c(CC(=O)N(C)[C@H]3CCS(=O)(=O)C3)c(C)c2cc1Cl. The van der Waals surface area contributed by atoms with Crippen molar-refractivity contribution in [1.82, 2.24) is 4.90 Å². The summed E-state index contributed by atoms with van der Waals surface area (Å²) in [5.41, 5.74) is 0.559. The third-order valence-electron chi connectivity index (χ3n) is 5.04. The fraction of sp³-hybridized carbons (Fsp3) is 0.444. The minimum Gasteiger partial charge on any atom is -0.495 e. The Kier molecular flexibility index (Phi) is 5.22. The summed E-state index contributed by atoms with van der Waals surface area (Å²) >= 11 is 6.16. The molecule has 1 saturated heterocycles. The predicted octanol–water partition coefficient (Wildman–Crippen LogP) is 1.95. The standard InChI is InChI=1S/C18H20ClNO6S/c1-10-12-6-14(19)16(25-3)8-15(12)26-18(22)13(10)7-17(21)20(2)11-4-5-27(23,24)9-11/h6,8,11H,4-5,7,9H2,1-3H3/t11-/m0/s1. The van der Waals surface area contributed by atoms with E-state index in [0.29, 0.717) is 33.7 Å². The van der Waals surface area contributed by atoms with Crippen LogP contribution in [0.4, 0.5) is 0 Å². The van der Waals surface area contributed by atoms with Gasteiger partial charge in [0.05, 0.1) is 35.6 Å². The second-order valence-corrected chi connectivity index (χ2v) is 9.35. The molecule has 27 heavy (non-hydrogen) atoms. The molecule has 1 fully saturated rings. The van der Waals surface area contributed by atoms with Crippen LogP contribution in [-0.4, -0.2) is 50.9 Å². The number of hydrogen-bond acceptors (Lipinski definition) is 6. The van der Waals surface area contributed by atoms with Gasteiger partial charge < -0.3 is 14.1 Å². The maximum Gasteiger partial charge on any atom is 0.340 e. The number of carbonyl (C=O) groups is 1. The summed E-state index contributed by atoms with van der Waals surface area (Å²) in [5, 5.41) is 0.988. The molecule has 0 N–H and O–H groups in total. The minimum atomic E-state index is -3.10. The maximum absolute atomic E-state index is 12.6. The third kappa shape index (κ3) is 3.82. The number of methoxy groups -OCH3 is 1. The van der Waals surface area contributed by atoms with E-state index in [4.69, 9.17) is 20.8 Å². The first-order chi connectivity index (χ1) is 12.6. The molecule has 1 aromatic carbocycles. The van der Waals surface area contributed by atoms with Gasteiger partial charge >= 0.3 is 5.63 Å². The summed E-state index contributed by atoms with van der Waals surface area (Å²) < 4.78 is 33.8. The highest BCUT2D eigenvalue weighted by atomic mass is 35.5. The monoisotopic (exact) mass is 413 g/mol. The molecule has 3 rings (SSSR count). The van der Waals surface area contributed by atoms with E-state index in [-0.39, 0.29) is 35.4 Å². The third-order valence-corrected chi connectivity index (χ3v) is 7.08. The van der Waals surface area contributed by atoms with Gasteiger partial charge in [0, 0.05) is 24.5 Å². The number of amides is 1. The van der Waals surface area contributed by atoms with Crippen LogP contribution < -0.4 is 10.4 Å². The van der Waals surface area contributed by atoms with Gasteiger partial charge in [0.2, 0.25) is 5.91 Å². The number of aryl methyl sites for hydroxylation is 1. The molecule has 146 valence electrons. The topological polar surface area (TPSA) is 93.9 Å². The van der Waals surface area contributed by atoms with Gasteiger partial charge in [-0.05, 0) is 25.0 Å². The van der Waals surface area contributed by atoms with Crippen molar-refractivity contribution in [2.75, 3.05) is 25.7 Å². The summed E-state index contributed by atoms with van der Waals surface area (Å²) in [7, 11) is -0.0786. The van der Waals surface area contributed by atoms with Crippen molar-refractivity contribution in [3.05, 3.63) is 38.7 Å². The maximum atomic E-state index is 12.6. The molecule has 0 saturated carbocycles. The summed E-state index contributed by atoms with van der Waals surface area (Å²) in [6, 6.07) is 2.80. The smallest absolute Gasteiger partial charge is 0.340 e. The van der Waals surface area contributed by atoms with Crippen LogP contribution in [0.1, 0.15) is 17.5 Å². The molecular weight excluding hydrogens is 394 g/mol. The van der Waals surface area contributed by atoms with E-state index in [9.17, 15) is 18.0 Å². The average molecular weight is 414 g/mol. The van der Waals surface area contributed by atoms with E-state index >= 15 is 0 Å². The van der Waals surface area contributed by atoms with E-state index in [1.54, 1.807) is 20.0 Å². The second-order valence-electron chi connectivity index (χ2n) is 6.71. The summed E-state index contributed by atoms with van der Waals surface area (Å²) in [6.45, 7) is 1.73. The molecule has 1 amide bonds. The van der Waals surface area contributed by atoms with Gasteiger partial charge in [-0.2, -0.15) is 0 Å². The number of carbonyl (C=O) groups excluding carboxylic acids is 1. The van der Waals surface area contributed by atoms with Gasteiger partial charge in [0.1, 0.15) is 11.3 Å². The number of halogens is 1. The number of benzene rings is 1. The Bertz CT molecular complexity index is 1080. The van der Waals surface area contributed by atoms with Crippen LogP contribution >= 0.6 is 11.6 Å². The molecule has 9 heteroatoms. The van der Waals surface area contributed by atoms with E-state index in [1.807, 2.05) is 0 Å². The lowest BCUT2D eigenvalue weighted by Crippen LogP contribution is -2.39. The first kappa shape index (κ1) is 19.7. The number of ether oxygens (including phenoxy) is 1. The lowest BCUT2D eigenvalue weighted by molar-refractivity contribution is -0.130. The van der Waals surface area contributed by atoms with Crippen molar-refractivity contribution in [1.29, 1.82) is 0 Å². The number of rotatable bonds is 4. The number of fused-ring (bicyclic) bond motifs is 1. The Morgan fingerprint density at radius 3 is 2.70 bits per heavy atom. The average Bonchev–Trinajstić information content (AvgIpc) is 2.98. The molecular formula is C18H20ClNO6S. The number of sulfone groups is 1. The lowest BCUT2D eigenvalue weighted by Gasteiger charge is -2.23. The van der Waals surface area contributed by atoms with Crippen LogP contribution in [0, 0.1) is 6.92 Å². The molecule has 1 aliphatic heterocycles. The van der Waals surface area contributed by atoms with Crippen molar-refractivity contribution in [3.8, 4) is 5.75 Å². The van der Waals surface area contributed by atoms with Gasteiger partial charge in [0.15, 0.2) is 9.84 Å². The Labute approximate surface area is 161 Å². The predicted molar refractivity (Wildman–Crippen MR) is 102 cm³/mol. The number of nitrogens with zero attached hydrogens (tertiary/aromatic N) is 1. The van der Waals surface area contributed by atoms with Crippen LogP contribution in [0.3, 0.4) is 0 Å². The van der Waals surface area contributed by atoms with Gasteiger partial charge in [-0.3, -0.25) is 4.79 Å². The molecule has 1 aromatic heterocycles. The fourth-order valence-electron chi connectivity index (χ4n) is 3.31. The van der Waals surface area contributed by atoms with Crippen LogP contribution in [0.5, 0.6) is 5.75 Å². The Morgan fingerprint density at radius 1 is 1.41 bits per heavy atom. The Balaban J connectivity index is 1.92. The molecule has 1 aliphatic rings. The number of hydrogen-bond donors (Lipinski definition) is 0. The van der Waals surface area contributed by atoms with Crippen molar-refractivity contribution < 1.29 is 22.4 Å². The molecule has 2 heterocycles. The molecule has 0 aliphatic carbocycles. The van der Waals surface area contributed by atoms with E-state index < -0.39 is 15.5 Å². The largest absolute Gasteiger partial charge is 0.495 e. The highest BCUT2D eigenvalue weighted by Gasteiger charge is 2.33. The summed E-state index contributed by atoms with van der Waals surface area (Å²) in [6.07, 6.45) is 0.242. The van der Waals surface area contributed by atoms with Crippen molar-refractivity contribution in [2.24, 2.45) is 0 Å². The zero-order chi connectivity index (χ0) is 19.9. The second kappa shape index (κ2) is 7.16. The molecule has 0 unspecified atom stereocenters. The highest BCUT2D eigenvalue weighted by molar-refractivity contribution is 7.91. The molecule has 7 nitrogen and oxygen atoms in total. The quantitative estimate of drug-likeness (QED) is 0.711. The van der Waals surface area contributed by atoms with Gasteiger partial charge in [0.25, 0.3) is 0 Å². The van der Waals surface area contributed by atoms with Gasteiger partial charge in [-0.15, -0.1) is 0 Å². The molecule has 0 spiro atoms. The first-order valence-electron chi connectivity index (χ1n) is 8.39. The normalized spacial score (nSPS) is 18.6. The van der Waals surface area contributed by atoms with Crippen LogP contribution in [0.2, 0.25) is 5.02 Å². The Morgan fingerprint density at radius 2 is 2.11 bits per heavy atom. The van der Waals surface area contributed by atoms with Crippen molar-refractivity contribution in [2.45, 2.75) is 25.8 Å². The van der Waals surface area contributed by atoms with Crippen LogP contribution in [-0.2, 0) is 21.1 Å². The van der Waals surface area contributed by atoms with E-state index in [0.717, 1.165) is 0 Å². The lowest BCUT2D eigenvalue weighted by atomic mass is 10.0. The van der Waals surface area contributed by atoms with Crippen molar-refractivity contribution in [3.63, 3.8) is 0 Å². The van der Waals surface area contributed by atoms with E-state index in [1.165, 1.54) is 18.1 Å². The zero-order valence-electron chi connectivity index (χ0n) is 15.2. The van der Waals surface area contributed by atoms with Crippen molar-refractivity contribution >= 4 is 38.3 Å². The molecule has 1 atom stereocenters. The van der Waals surface area contributed by atoms with Gasteiger partial charge in [-0.25, -0.2) is 13.2 Å². The minimum absolute atomic E-state index is 0.0457. The number of likely N-dealkylation sites (N-methyl/N-ethyl adjacent to an activating group) is 1. The zero-order valence-corrected chi connectivity index (χ0v) is 16.8. The van der Waals surface area contributed by atoms with Crippen LogP contribution in [0.15, 0.2) is 21.3 Å². The molecule has 2 aromatic rings. The first-order valence-corrected chi connectivity index (χ1v) is 10.6. The summed E-state index contributed by atoms with van der Waals surface area (Å²) in [5.74, 6) is 0.0899. The molecule has 0 radical (unpaired) electrons. The van der Waals surface area contributed by atoms with E-state index in [2.05, 4.69) is 0 Å². The highest BCUT2D eigenvalue weighted by Crippen LogP contribution is 2.31. The Hall–Kier alpha value is -2.06. The molecule has 0 bridgehead atoms. The fourth-order valence-corrected chi connectivity index (χ4v) is 5.33.